The molecule has 6 nitrogen and oxygen atoms in total. The fourth-order valence-corrected chi connectivity index (χ4v) is 2.81. The van der Waals surface area contributed by atoms with E-state index in [1.165, 1.54) is 0 Å². The summed E-state index contributed by atoms with van der Waals surface area (Å²) in [7, 11) is 0. The molecule has 0 saturated carbocycles. The second-order valence-corrected chi connectivity index (χ2v) is 6.57. The average molecular weight is 389 g/mol. The normalized spacial score (nSPS) is 10.3. The summed E-state index contributed by atoms with van der Waals surface area (Å²) in [6, 6.07) is 18.4. The van der Waals surface area contributed by atoms with Gasteiger partial charge >= 0.3 is 5.97 Å². The van der Waals surface area contributed by atoms with Crippen molar-refractivity contribution < 1.29 is 14.3 Å². The second kappa shape index (κ2) is 9.50. The molecule has 3 rings (SSSR count). The minimum absolute atomic E-state index is 0.0901. The Balaban J connectivity index is 1.56. The SMILES string of the molecule is CCOC(=O)c1ccc(Nc2ccc(NC(=O)Cc3cccc(C)c3)cn2)cc1. The lowest BCUT2D eigenvalue weighted by Gasteiger charge is -2.09. The molecule has 148 valence electrons. The Kier molecular flexibility index (Phi) is 6.58. The van der Waals surface area contributed by atoms with E-state index in [2.05, 4.69) is 15.6 Å². The van der Waals surface area contributed by atoms with E-state index in [1.54, 1.807) is 49.5 Å². The van der Waals surface area contributed by atoms with E-state index in [0.717, 1.165) is 16.8 Å². The van der Waals surface area contributed by atoms with Crippen molar-refractivity contribution in [2.45, 2.75) is 20.3 Å². The van der Waals surface area contributed by atoms with E-state index in [1.807, 2.05) is 31.2 Å². The van der Waals surface area contributed by atoms with Crippen LogP contribution in [0.25, 0.3) is 0 Å². The number of aromatic nitrogens is 1. The molecule has 1 amide bonds. The van der Waals surface area contributed by atoms with Gasteiger partial charge in [-0.15, -0.1) is 0 Å². The molecule has 0 unspecified atom stereocenters. The van der Waals surface area contributed by atoms with Crippen LogP contribution in [0.4, 0.5) is 17.2 Å². The van der Waals surface area contributed by atoms with Crippen LogP contribution in [0.2, 0.25) is 0 Å². The molecule has 0 aliphatic rings. The molecule has 0 aliphatic carbocycles. The Bertz CT molecular complexity index is 983. The van der Waals surface area contributed by atoms with E-state index in [0.29, 0.717) is 30.1 Å². The van der Waals surface area contributed by atoms with Crippen LogP contribution in [-0.4, -0.2) is 23.5 Å². The number of pyridine rings is 1. The Morgan fingerprint density at radius 1 is 1.00 bits per heavy atom. The summed E-state index contributed by atoms with van der Waals surface area (Å²) in [4.78, 5) is 28.2. The predicted octanol–water partition coefficient (Wildman–Crippen LogP) is 4.49. The van der Waals surface area contributed by atoms with Gasteiger partial charge in [0.15, 0.2) is 0 Å². The molecule has 2 N–H and O–H groups in total. The highest BCUT2D eigenvalue weighted by atomic mass is 16.5. The van der Waals surface area contributed by atoms with Crippen LogP contribution in [0.5, 0.6) is 0 Å². The number of carbonyl (C=O) groups excluding carboxylic acids is 2. The van der Waals surface area contributed by atoms with E-state index >= 15 is 0 Å². The van der Waals surface area contributed by atoms with Crippen LogP contribution in [0, 0.1) is 6.92 Å². The van der Waals surface area contributed by atoms with Crippen molar-refractivity contribution in [2.24, 2.45) is 0 Å². The first kappa shape index (κ1) is 20.1. The molecule has 1 aromatic heterocycles. The highest BCUT2D eigenvalue weighted by Gasteiger charge is 2.07. The first-order valence-corrected chi connectivity index (χ1v) is 9.39. The third-order valence-corrected chi connectivity index (χ3v) is 4.16. The smallest absolute Gasteiger partial charge is 0.338 e. The molecule has 2 aromatic carbocycles. The Hall–Kier alpha value is -3.67. The van der Waals surface area contributed by atoms with Crippen LogP contribution in [-0.2, 0) is 16.0 Å². The average Bonchev–Trinajstić information content (AvgIpc) is 2.70. The standard InChI is InChI=1S/C23H23N3O3/c1-3-29-23(28)18-7-9-19(10-8-18)25-21-12-11-20(15-24-21)26-22(27)14-17-6-4-5-16(2)13-17/h4-13,15H,3,14H2,1-2H3,(H,24,25)(H,26,27). The van der Waals surface area contributed by atoms with Gasteiger partial charge in [0.25, 0.3) is 0 Å². The van der Waals surface area contributed by atoms with Crippen LogP contribution in [0.3, 0.4) is 0 Å². The molecule has 3 aromatic rings. The quantitative estimate of drug-likeness (QED) is 0.582. The largest absolute Gasteiger partial charge is 0.462 e. The highest BCUT2D eigenvalue weighted by molar-refractivity contribution is 5.92. The van der Waals surface area contributed by atoms with Crippen molar-refractivity contribution in [2.75, 3.05) is 17.2 Å². The van der Waals surface area contributed by atoms with Crippen molar-refractivity contribution in [1.29, 1.82) is 0 Å². The summed E-state index contributed by atoms with van der Waals surface area (Å²) in [5.41, 5.74) is 4.02. The van der Waals surface area contributed by atoms with Crippen molar-refractivity contribution in [1.82, 2.24) is 4.98 Å². The highest BCUT2D eigenvalue weighted by Crippen LogP contribution is 2.17. The maximum atomic E-state index is 12.2. The predicted molar refractivity (Wildman–Crippen MR) is 113 cm³/mol. The number of carbonyl (C=O) groups is 2. The second-order valence-electron chi connectivity index (χ2n) is 6.57. The van der Waals surface area contributed by atoms with Gasteiger partial charge in [-0.1, -0.05) is 29.8 Å². The van der Waals surface area contributed by atoms with Gasteiger partial charge in [0.05, 0.1) is 30.5 Å². The number of hydrogen-bond acceptors (Lipinski definition) is 5. The first-order chi connectivity index (χ1) is 14.0. The minimum atomic E-state index is -0.345. The topological polar surface area (TPSA) is 80.3 Å². The van der Waals surface area contributed by atoms with Gasteiger partial charge in [-0.25, -0.2) is 9.78 Å². The van der Waals surface area contributed by atoms with E-state index in [-0.39, 0.29) is 11.9 Å². The number of amides is 1. The lowest BCUT2D eigenvalue weighted by molar-refractivity contribution is -0.115. The lowest BCUT2D eigenvalue weighted by atomic mass is 10.1. The lowest BCUT2D eigenvalue weighted by Crippen LogP contribution is -2.14. The number of benzene rings is 2. The third-order valence-electron chi connectivity index (χ3n) is 4.16. The number of nitrogens with zero attached hydrogens (tertiary/aromatic N) is 1. The Labute approximate surface area is 169 Å². The molecule has 0 atom stereocenters. The van der Waals surface area contributed by atoms with Gasteiger partial charge in [-0.3, -0.25) is 4.79 Å². The molecule has 0 bridgehead atoms. The number of ether oxygens (including phenoxy) is 1. The van der Waals surface area contributed by atoms with Crippen LogP contribution >= 0.6 is 0 Å². The van der Waals surface area contributed by atoms with E-state index < -0.39 is 0 Å². The molecule has 0 radical (unpaired) electrons. The molecular formula is C23H23N3O3. The van der Waals surface area contributed by atoms with E-state index in [9.17, 15) is 9.59 Å². The summed E-state index contributed by atoms with van der Waals surface area (Å²) < 4.78 is 4.97. The first-order valence-electron chi connectivity index (χ1n) is 9.39. The molecule has 0 fully saturated rings. The molecular weight excluding hydrogens is 366 g/mol. The molecule has 0 spiro atoms. The van der Waals surface area contributed by atoms with Crippen molar-refractivity contribution in [3.63, 3.8) is 0 Å². The van der Waals surface area contributed by atoms with Gasteiger partial charge in [0, 0.05) is 5.69 Å². The van der Waals surface area contributed by atoms with E-state index in [4.69, 9.17) is 4.74 Å². The molecule has 29 heavy (non-hydrogen) atoms. The van der Waals surface area contributed by atoms with Crippen LogP contribution in [0.1, 0.15) is 28.4 Å². The number of anilines is 3. The zero-order valence-electron chi connectivity index (χ0n) is 16.4. The third kappa shape index (κ3) is 5.90. The summed E-state index contributed by atoms with van der Waals surface area (Å²) in [5.74, 6) is 0.196. The zero-order valence-corrected chi connectivity index (χ0v) is 16.4. The number of esters is 1. The Morgan fingerprint density at radius 2 is 1.76 bits per heavy atom. The van der Waals surface area contributed by atoms with Crippen LogP contribution < -0.4 is 10.6 Å². The summed E-state index contributed by atoms with van der Waals surface area (Å²) in [6.07, 6.45) is 1.91. The molecule has 6 heteroatoms. The maximum Gasteiger partial charge on any atom is 0.338 e. The minimum Gasteiger partial charge on any atom is -0.462 e. The van der Waals surface area contributed by atoms with Gasteiger partial charge in [0.1, 0.15) is 5.82 Å². The van der Waals surface area contributed by atoms with Crippen molar-refractivity contribution in [3.8, 4) is 0 Å². The molecule has 0 saturated heterocycles. The Morgan fingerprint density at radius 3 is 2.41 bits per heavy atom. The van der Waals surface area contributed by atoms with Gasteiger partial charge in [-0.05, 0) is 55.8 Å². The van der Waals surface area contributed by atoms with Crippen molar-refractivity contribution in [3.05, 3.63) is 83.6 Å². The number of hydrogen-bond donors (Lipinski definition) is 2. The molecule has 0 aliphatic heterocycles. The van der Waals surface area contributed by atoms with Crippen LogP contribution in [0.15, 0.2) is 66.9 Å². The summed E-state index contributed by atoms with van der Waals surface area (Å²) >= 11 is 0. The number of aryl methyl sites for hydroxylation is 1. The van der Waals surface area contributed by atoms with Crippen molar-refractivity contribution >= 4 is 29.1 Å². The zero-order chi connectivity index (χ0) is 20.6. The van der Waals surface area contributed by atoms with Gasteiger partial charge in [-0.2, -0.15) is 0 Å². The number of rotatable bonds is 7. The maximum absolute atomic E-state index is 12.2. The van der Waals surface area contributed by atoms with Gasteiger partial charge < -0.3 is 15.4 Å². The molecule has 1 heterocycles. The monoisotopic (exact) mass is 389 g/mol. The summed E-state index contributed by atoms with van der Waals surface area (Å²) in [5, 5.41) is 6.00. The summed E-state index contributed by atoms with van der Waals surface area (Å²) in [6.45, 7) is 4.12. The van der Waals surface area contributed by atoms with Gasteiger partial charge in [0.2, 0.25) is 5.91 Å². The fourth-order valence-electron chi connectivity index (χ4n) is 2.81. The number of nitrogens with one attached hydrogen (secondary N) is 2. The fraction of sp³-hybridized carbons (Fsp3) is 0.174.